The Morgan fingerprint density at radius 3 is 2.21 bits per heavy atom. The number of rotatable bonds is 7. The van der Waals surface area contributed by atoms with Gasteiger partial charge < -0.3 is 15.2 Å². The predicted molar refractivity (Wildman–Crippen MR) is 123 cm³/mol. The molecule has 0 aliphatic carbocycles. The molecular weight excluding hydrogens is 491 g/mol. The minimum absolute atomic E-state index is 0.0797. The molecule has 0 aliphatic rings. The summed E-state index contributed by atoms with van der Waals surface area (Å²) in [5.41, 5.74) is -3.19. The van der Waals surface area contributed by atoms with Gasteiger partial charge in [0, 0.05) is 22.4 Å². The number of ether oxygens (including phenoxy) is 1. The second-order valence-electron chi connectivity index (χ2n) is 7.31. The first-order chi connectivity index (χ1) is 15.8. The van der Waals surface area contributed by atoms with Crippen LogP contribution in [0.2, 0.25) is 0 Å². The van der Waals surface area contributed by atoms with Crippen LogP contribution in [-0.4, -0.2) is 31.2 Å². The molecule has 0 heterocycles. The highest BCUT2D eigenvalue weighted by molar-refractivity contribution is 8.00. The standard InChI is InChI=1S/C23H20F3NO5S2/c1-14(15-5-10-19(11-6-15)33-23(24,25)26)32-18-8-3-16(4-9-18)22(29)27-17-7-12-20(28)21(13-17)34(2,30)31/h3-14,28H,1-2H3,(H,27,29). The Balaban J connectivity index is 1.64. The first-order valence-corrected chi connectivity index (χ1v) is 12.5. The van der Waals surface area contributed by atoms with Crippen molar-refractivity contribution in [3.63, 3.8) is 0 Å². The highest BCUT2D eigenvalue weighted by Gasteiger charge is 2.29. The molecule has 6 nitrogen and oxygen atoms in total. The number of phenolic OH excluding ortho intramolecular Hbond substituents is 1. The van der Waals surface area contributed by atoms with Crippen LogP contribution in [0.15, 0.2) is 76.5 Å². The maximum atomic E-state index is 12.5. The summed E-state index contributed by atoms with van der Waals surface area (Å²) in [7, 11) is -3.68. The number of nitrogens with one attached hydrogen (secondary N) is 1. The van der Waals surface area contributed by atoms with Crippen molar-refractivity contribution in [3.8, 4) is 11.5 Å². The summed E-state index contributed by atoms with van der Waals surface area (Å²) < 4.78 is 66.6. The van der Waals surface area contributed by atoms with E-state index in [1.165, 1.54) is 42.5 Å². The van der Waals surface area contributed by atoms with Gasteiger partial charge >= 0.3 is 5.51 Å². The Labute approximate surface area is 198 Å². The number of benzene rings is 3. The van der Waals surface area contributed by atoms with E-state index in [1.54, 1.807) is 31.2 Å². The van der Waals surface area contributed by atoms with Crippen molar-refractivity contribution in [1.82, 2.24) is 0 Å². The quantitative estimate of drug-likeness (QED) is 0.308. The van der Waals surface area contributed by atoms with E-state index in [1.807, 2.05) is 0 Å². The van der Waals surface area contributed by atoms with Crippen LogP contribution in [0.4, 0.5) is 18.9 Å². The molecule has 11 heteroatoms. The molecule has 3 aromatic rings. The van der Waals surface area contributed by atoms with E-state index in [4.69, 9.17) is 4.74 Å². The fraction of sp³-hybridized carbons (Fsp3) is 0.174. The molecule has 34 heavy (non-hydrogen) atoms. The number of anilines is 1. The van der Waals surface area contributed by atoms with Gasteiger partial charge in [-0.1, -0.05) is 12.1 Å². The van der Waals surface area contributed by atoms with Crippen LogP contribution in [-0.2, 0) is 9.84 Å². The summed E-state index contributed by atoms with van der Waals surface area (Å²) in [6.45, 7) is 1.75. The van der Waals surface area contributed by atoms with Gasteiger partial charge in [0.15, 0.2) is 9.84 Å². The lowest BCUT2D eigenvalue weighted by Gasteiger charge is -2.16. The van der Waals surface area contributed by atoms with Crippen molar-refractivity contribution < 1.29 is 36.2 Å². The van der Waals surface area contributed by atoms with Gasteiger partial charge in [-0.2, -0.15) is 13.2 Å². The summed E-state index contributed by atoms with van der Waals surface area (Å²) >= 11 is -0.188. The molecule has 3 rings (SSSR count). The number of aromatic hydroxyl groups is 1. The van der Waals surface area contributed by atoms with Crippen LogP contribution in [0.1, 0.15) is 28.9 Å². The zero-order valence-corrected chi connectivity index (χ0v) is 19.6. The van der Waals surface area contributed by atoms with E-state index >= 15 is 0 Å². The molecule has 3 aromatic carbocycles. The molecule has 1 unspecified atom stereocenters. The van der Waals surface area contributed by atoms with Crippen molar-refractivity contribution in [3.05, 3.63) is 77.9 Å². The van der Waals surface area contributed by atoms with Gasteiger partial charge in [0.1, 0.15) is 22.5 Å². The van der Waals surface area contributed by atoms with Crippen LogP contribution >= 0.6 is 11.8 Å². The van der Waals surface area contributed by atoms with E-state index in [9.17, 15) is 31.5 Å². The molecule has 0 spiro atoms. The van der Waals surface area contributed by atoms with Gasteiger partial charge in [0.2, 0.25) is 0 Å². The van der Waals surface area contributed by atoms with Crippen LogP contribution < -0.4 is 10.1 Å². The molecule has 0 aromatic heterocycles. The number of phenols is 1. The molecule has 0 saturated heterocycles. The minimum Gasteiger partial charge on any atom is -0.507 e. The smallest absolute Gasteiger partial charge is 0.446 e. The Morgan fingerprint density at radius 2 is 1.65 bits per heavy atom. The van der Waals surface area contributed by atoms with E-state index < -0.39 is 33.1 Å². The molecule has 0 bridgehead atoms. The van der Waals surface area contributed by atoms with Crippen molar-refractivity contribution in [1.29, 1.82) is 0 Å². The van der Waals surface area contributed by atoms with E-state index in [-0.39, 0.29) is 32.8 Å². The van der Waals surface area contributed by atoms with Gasteiger partial charge in [-0.25, -0.2) is 8.42 Å². The monoisotopic (exact) mass is 511 g/mol. The largest absolute Gasteiger partial charge is 0.507 e. The fourth-order valence-electron chi connectivity index (χ4n) is 2.99. The zero-order valence-electron chi connectivity index (χ0n) is 18.0. The lowest BCUT2D eigenvalue weighted by molar-refractivity contribution is -0.0328. The Bertz CT molecular complexity index is 1280. The van der Waals surface area contributed by atoms with Crippen molar-refractivity contribution in [2.45, 2.75) is 28.3 Å². The van der Waals surface area contributed by atoms with Crippen LogP contribution in [0.5, 0.6) is 11.5 Å². The number of amides is 1. The molecule has 0 radical (unpaired) electrons. The first kappa shape index (κ1) is 25.4. The first-order valence-electron chi connectivity index (χ1n) is 9.79. The van der Waals surface area contributed by atoms with Crippen LogP contribution in [0.3, 0.4) is 0 Å². The zero-order chi connectivity index (χ0) is 25.1. The van der Waals surface area contributed by atoms with E-state index in [2.05, 4.69) is 5.32 Å². The lowest BCUT2D eigenvalue weighted by Crippen LogP contribution is -2.12. The number of carbonyl (C=O) groups is 1. The molecule has 1 atom stereocenters. The lowest BCUT2D eigenvalue weighted by atomic mass is 10.1. The summed E-state index contributed by atoms with van der Waals surface area (Å²) in [5.74, 6) is -0.464. The van der Waals surface area contributed by atoms with Crippen molar-refractivity contribution in [2.75, 3.05) is 11.6 Å². The maximum Gasteiger partial charge on any atom is 0.446 e. The second kappa shape index (κ2) is 9.98. The number of alkyl halides is 3. The molecular formula is C23H20F3NO5S2. The number of halogens is 3. The minimum atomic E-state index is -4.35. The second-order valence-corrected chi connectivity index (χ2v) is 10.4. The molecule has 180 valence electrons. The third kappa shape index (κ3) is 6.91. The van der Waals surface area contributed by atoms with Crippen molar-refractivity contribution >= 4 is 33.2 Å². The fourth-order valence-corrected chi connectivity index (χ4v) is 4.32. The normalized spacial score (nSPS) is 12.7. The third-order valence-corrected chi connectivity index (χ3v) is 6.49. The Kier molecular flexibility index (Phi) is 7.47. The molecule has 1 amide bonds. The average Bonchev–Trinajstić information content (AvgIpc) is 2.74. The summed E-state index contributed by atoms with van der Waals surface area (Å²) in [6.07, 6.45) is 0.500. The Hall–Kier alpha value is -3.18. The predicted octanol–water partition coefficient (Wildman–Crippen LogP) is 5.80. The molecule has 0 saturated carbocycles. The molecule has 2 N–H and O–H groups in total. The third-order valence-electron chi connectivity index (χ3n) is 4.63. The average molecular weight is 512 g/mol. The SMILES string of the molecule is CC(Oc1ccc(C(=O)Nc2ccc(O)c(S(C)(=O)=O)c2)cc1)c1ccc(SC(F)(F)F)cc1. The number of thioether (sulfide) groups is 1. The van der Waals surface area contributed by atoms with Crippen LogP contribution in [0.25, 0.3) is 0 Å². The van der Waals surface area contributed by atoms with Gasteiger partial charge in [-0.3, -0.25) is 4.79 Å². The molecule has 0 fully saturated rings. The summed E-state index contributed by atoms with van der Waals surface area (Å²) in [5, 5.41) is 12.3. The van der Waals surface area contributed by atoms with Gasteiger partial charge in [0.05, 0.1) is 0 Å². The van der Waals surface area contributed by atoms with E-state index in [0.29, 0.717) is 11.3 Å². The number of sulfone groups is 1. The van der Waals surface area contributed by atoms with E-state index in [0.717, 1.165) is 6.26 Å². The van der Waals surface area contributed by atoms with Gasteiger partial charge in [-0.05, 0) is 78.8 Å². The van der Waals surface area contributed by atoms with Gasteiger partial charge in [0.25, 0.3) is 5.91 Å². The number of carbonyl (C=O) groups excluding carboxylic acids is 1. The number of hydrogen-bond acceptors (Lipinski definition) is 6. The topological polar surface area (TPSA) is 92.7 Å². The highest BCUT2D eigenvalue weighted by atomic mass is 32.2. The van der Waals surface area contributed by atoms with Gasteiger partial charge in [-0.15, -0.1) is 0 Å². The summed E-state index contributed by atoms with van der Waals surface area (Å²) in [6, 6.07) is 15.7. The van der Waals surface area contributed by atoms with Crippen LogP contribution in [0, 0.1) is 0 Å². The van der Waals surface area contributed by atoms with Crippen molar-refractivity contribution in [2.24, 2.45) is 0 Å². The Morgan fingerprint density at radius 1 is 1.03 bits per heavy atom. The maximum absolute atomic E-state index is 12.5. The summed E-state index contributed by atoms with van der Waals surface area (Å²) in [4.78, 5) is 12.3. The highest BCUT2D eigenvalue weighted by Crippen LogP contribution is 2.37. The number of hydrogen-bond donors (Lipinski definition) is 2. The molecule has 0 aliphatic heterocycles.